The highest BCUT2D eigenvalue weighted by molar-refractivity contribution is 5.18. The lowest BCUT2D eigenvalue weighted by Crippen LogP contribution is -2.46. The second-order valence-corrected chi connectivity index (χ2v) is 6.20. The van der Waals surface area contributed by atoms with E-state index in [1.165, 1.54) is 18.4 Å². The van der Waals surface area contributed by atoms with Gasteiger partial charge in [-0.2, -0.15) is 0 Å². The molecule has 3 heteroatoms. The summed E-state index contributed by atoms with van der Waals surface area (Å²) in [6, 6.07) is 11.5. The topological polar surface area (TPSA) is 43.7 Å². The van der Waals surface area contributed by atoms with E-state index >= 15 is 0 Å². The van der Waals surface area contributed by atoms with Gasteiger partial charge in [-0.15, -0.1) is 0 Å². The lowest BCUT2D eigenvalue weighted by molar-refractivity contribution is 0.0331. The van der Waals surface area contributed by atoms with Crippen molar-refractivity contribution in [3.8, 4) is 0 Å². The molecule has 118 valence electrons. The Morgan fingerprint density at radius 2 is 1.95 bits per heavy atom. The first kappa shape index (κ1) is 16.5. The second-order valence-electron chi connectivity index (χ2n) is 6.20. The van der Waals surface area contributed by atoms with Crippen molar-refractivity contribution in [2.24, 2.45) is 5.92 Å². The molecule has 0 aliphatic carbocycles. The lowest BCUT2D eigenvalue weighted by Gasteiger charge is -2.43. The van der Waals surface area contributed by atoms with Crippen LogP contribution in [0.1, 0.15) is 50.6 Å². The number of aliphatic hydroxyl groups excluding tert-OH is 2. The minimum atomic E-state index is 0.220. The summed E-state index contributed by atoms with van der Waals surface area (Å²) in [5, 5.41) is 18.8. The molecule has 1 aromatic carbocycles. The standard InChI is InChI=1S/C18H29NO2/c1-15(16-8-3-2-4-9-16)19-12-6-5-11-18(19)17(14-21)10-7-13-20/h2-4,8-9,15,17-18,20-21H,5-7,10-14H2,1H3/t15-,17-,18-/m1/s1. The molecule has 1 aliphatic heterocycles. The van der Waals surface area contributed by atoms with Gasteiger partial charge in [0.2, 0.25) is 0 Å². The minimum Gasteiger partial charge on any atom is -0.396 e. The van der Waals surface area contributed by atoms with E-state index in [1.807, 2.05) is 0 Å². The van der Waals surface area contributed by atoms with Crippen LogP contribution in [0.5, 0.6) is 0 Å². The molecule has 0 saturated carbocycles. The van der Waals surface area contributed by atoms with Crippen molar-refractivity contribution in [1.82, 2.24) is 4.90 Å². The molecule has 2 rings (SSSR count). The molecule has 0 unspecified atom stereocenters. The Labute approximate surface area is 128 Å². The van der Waals surface area contributed by atoms with Crippen molar-refractivity contribution in [2.45, 2.75) is 51.1 Å². The zero-order valence-electron chi connectivity index (χ0n) is 13.1. The molecule has 0 bridgehead atoms. The maximum atomic E-state index is 9.77. The van der Waals surface area contributed by atoms with Crippen molar-refractivity contribution in [2.75, 3.05) is 19.8 Å². The van der Waals surface area contributed by atoms with Gasteiger partial charge in [0.15, 0.2) is 0 Å². The number of hydrogen-bond acceptors (Lipinski definition) is 3. The van der Waals surface area contributed by atoms with Gasteiger partial charge < -0.3 is 10.2 Å². The molecule has 0 spiro atoms. The van der Waals surface area contributed by atoms with Crippen molar-refractivity contribution in [3.05, 3.63) is 35.9 Å². The Balaban J connectivity index is 2.10. The summed E-state index contributed by atoms with van der Waals surface area (Å²) in [6.45, 7) is 3.82. The fourth-order valence-corrected chi connectivity index (χ4v) is 3.65. The molecule has 1 aromatic rings. The van der Waals surface area contributed by atoms with Gasteiger partial charge in [0.1, 0.15) is 0 Å². The maximum absolute atomic E-state index is 9.77. The highest BCUT2D eigenvalue weighted by atomic mass is 16.3. The van der Waals surface area contributed by atoms with Gasteiger partial charge in [-0.1, -0.05) is 36.8 Å². The van der Waals surface area contributed by atoms with E-state index in [2.05, 4.69) is 42.2 Å². The van der Waals surface area contributed by atoms with Crippen LogP contribution in [0.2, 0.25) is 0 Å². The predicted molar refractivity (Wildman–Crippen MR) is 86.1 cm³/mol. The van der Waals surface area contributed by atoms with Gasteiger partial charge in [-0.25, -0.2) is 0 Å². The van der Waals surface area contributed by atoms with E-state index in [1.54, 1.807) is 0 Å². The van der Waals surface area contributed by atoms with E-state index in [0.717, 1.165) is 25.8 Å². The number of hydrogen-bond donors (Lipinski definition) is 2. The summed E-state index contributed by atoms with van der Waals surface area (Å²) in [7, 11) is 0. The first-order valence-corrected chi connectivity index (χ1v) is 8.30. The Morgan fingerprint density at radius 3 is 2.62 bits per heavy atom. The molecule has 1 fully saturated rings. The molecule has 2 N–H and O–H groups in total. The third-order valence-corrected chi connectivity index (χ3v) is 4.88. The van der Waals surface area contributed by atoms with E-state index in [9.17, 15) is 5.11 Å². The quantitative estimate of drug-likeness (QED) is 0.811. The summed E-state index contributed by atoms with van der Waals surface area (Å²) < 4.78 is 0. The van der Waals surface area contributed by atoms with Gasteiger partial charge in [0.05, 0.1) is 0 Å². The zero-order chi connectivity index (χ0) is 15.1. The molecular formula is C18H29NO2. The van der Waals surface area contributed by atoms with E-state index < -0.39 is 0 Å². The van der Waals surface area contributed by atoms with Crippen LogP contribution in [0.15, 0.2) is 30.3 Å². The Kier molecular flexibility index (Phi) is 6.68. The van der Waals surface area contributed by atoms with E-state index in [4.69, 9.17) is 5.11 Å². The summed E-state index contributed by atoms with van der Waals surface area (Å²) in [5.74, 6) is 0.281. The van der Waals surface area contributed by atoms with Crippen LogP contribution >= 0.6 is 0 Å². The number of rotatable bonds is 7. The molecule has 1 heterocycles. The van der Waals surface area contributed by atoms with Gasteiger partial charge >= 0.3 is 0 Å². The third-order valence-electron chi connectivity index (χ3n) is 4.88. The first-order valence-electron chi connectivity index (χ1n) is 8.30. The van der Waals surface area contributed by atoms with Crippen LogP contribution in [-0.4, -0.2) is 40.9 Å². The van der Waals surface area contributed by atoms with Crippen LogP contribution in [0.3, 0.4) is 0 Å². The second kappa shape index (κ2) is 8.52. The molecule has 0 amide bonds. The lowest BCUT2D eigenvalue weighted by atomic mass is 9.86. The average molecular weight is 291 g/mol. The maximum Gasteiger partial charge on any atom is 0.0474 e. The van der Waals surface area contributed by atoms with Gasteiger partial charge in [-0.3, -0.25) is 4.90 Å². The molecule has 3 atom stereocenters. The first-order chi connectivity index (χ1) is 10.3. The smallest absolute Gasteiger partial charge is 0.0474 e. The Hall–Kier alpha value is -0.900. The SMILES string of the molecule is C[C@H](c1ccccc1)N1CCCC[C@@H]1[C@@H](CO)CCCO. The van der Waals surface area contributed by atoms with Gasteiger partial charge in [-0.05, 0) is 50.6 Å². The van der Waals surface area contributed by atoms with Crippen molar-refractivity contribution in [1.29, 1.82) is 0 Å². The van der Waals surface area contributed by atoms with Crippen molar-refractivity contribution in [3.63, 3.8) is 0 Å². The fraction of sp³-hybridized carbons (Fsp3) is 0.667. The monoisotopic (exact) mass is 291 g/mol. The molecular weight excluding hydrogens is 262 g/mol. The van der Waals surface area contributed by atoms with Crippen molar-refractivity contribution < 1.29 is 10.2 Å². The number of benzene rings is 1. The van der Waals surface area contributed by atoms with Gasteiger partial charge in [0, 0.05) is 25.3 Å². The van der Waals surface area contributed by atoms with E-state index in [0.29, 0.717) is 12.1 Å². The Bertz CT molecular complexity index is 395. The predicted octanol–water partition coefficient (Wildman–Crippen LogP) is 2.98. The molecule has 3 nitrogen and oxygen atoms in total. The summed E-state index contributed by atoms with van der Waals surface area (Å²) in [4.78, 5) is 2.57. The number of aliphatic hydroxyl groups is 2. The highest BCUT2D eigenvalue weighted by Crippen LogP contribution is 2.33. The fourth-order valence-electron chi connectivity index (χ4n) is 3.65. The number of nitrogens with zero attached hydrogens (tertiary/aromatic N) is 1. The molecule has 0 radical (unpaired) electrons. The molecule has 1 aliphatic rings. The molecule has 1 saturated heterocycles. The molecule has 21 heavy (non-hydrogen) atoms. The normalized spacial score (nSPS) is 22.9. The van der Waals surface area contributed by atoms with Crippen LogP contribution in [0.4, 0.5) is 0 Å². The van der Waals surface area contributed by atoms with Crippen LogP contribution < -0.4 is 0 Å². The average Bonchev–Trinajstić information content (AvgIpc) is 2.56. The summed E-state index contributed by atoms with van der Waals surface area (Å²) >= 11 is 0. The third kappa shape index (κ3) is 4.29. The highest BCUT2D eigenvalue weighted by Gasteiger charge is 2.32. The van der Waals surface area contributed by atoms with Crippen molar-refractivity contribution >= 4 is 0 Å². The minimum absolute atomic E-state index is 0.220. The number of likely N-dealkylation sites (tertiary alicyclic amines) is 1. The van der Waals surface area contributed by atoms with Crippen LogP contribution in [0, 0.1) is 5.92 Å². The Morgan fingerprint density at radius 1 is 1.19 bits per heavy atom. The van der Waals surface area contributed by atoms with Gasteiger partial charge in [0.25, 0.3) is 0 Å². The summed E-state index contributed by atoms with van der Waals surface area (Å²) in [5.41, 5.74) is 1.35. The largest absolute Gasteiger partial charge is 0.396 e. The molecule has 0 aromatic heterocycles. The number of piperidine rings is 1. The van der Waals surface area contributed by atoms with Crippen LogP contribution in [0.25, 0.3) is 0 Å². The van der Waals surface area contributed by atoms with E-state index in [-0.39, 0.29) is 19.1 Å². The zero-order valence-corrected chi connectivity index (χ0v) is 13.1. The summed E-state index contributed by atoms with van der Waals surface area (Å²) in [6.07, 6.45) is 5.35. The van der Waals surface area contributed by atoms with Crippen LogP contribution in [-0.2, 0) is 0 Å².